The van der Waals surface area contributed by atoms with Crippen molar-refractivity contribution in [3.05, 3.63) is 46.8 Å². The molecular formula is C54H86N4O10. The Morgan fingerprint density at radius 2 is 1.79 bits per heavy atom. The van der Waals surface area contributed by atoms with Crippen LogP contribution < -0.4 is 21.7 Å². The Hall–Kier alpha value is -2.21. The second-order valence-electron chi connectivity index (χ2n) is 24.1. The number of fused-ring (bicyclic) bond motifs is 5. The lowest BCUT2D eigenvalue weighted by Crippen LogP contribution is -2.72. The van der Waals surface area contributed by atoms with Crippen molar-refractivity contribution in [2.45, 2.75) is 196 Å². The second kappa shape index (κ2) is 18.7. The largest absolute Gasteiger partial charge is 0.396 e. The van der Waals surface area contributed by atoms with E-state index in [1.807, 2.05) is 26.1 Å². The van der Waals surface area contributed by atoms with E-state index in [2.05, 4.69) is 35.0 Å². The average Bonchev–Trinajstić information content (AvgIpc) is 3.60. The Labute approximate surface area is 404 Å². The minimum atomic E-state index is -1.83. The van der Waals surface area contributed by atoms with Gasteiger partial charge in [0.05, 0.1) is 59.7 Å². The molecule has 1 spiro atoms. The number of ketones is 1. The molecule has 13 N–H and O–H groups in total. The van der Waals surface area contributed by atoms with E-state index in [-0.39, 0.29) is 74.2 Å². The second-order valence-corrected chi connectivity index (χ2v) is 24.1. The highest BCUT2D eigenvalue weighted by Gasteiger charge is 2.78. The summed E-state index contributed by atoms with van der Waals surface area (Å²) in [6.07, 6.45) is 13.1. The van der Waals surface area contributed by atoms with E-state index in [9.17, 15) is 40.9 Å². The van der Waals surface area contributed by atoms with E-state index in [0.717, 1.165) is 43.4 Å². The van der Waals surface area contributed by atoms with Gasteiger partial charge in [-0.05, 0) is 151 Å². The first-order valence-corrected chi connectivity index (χ1v) is 26.7. The van der Waals surface area contributed by atoms with Crippen molar-refractivity contribution in [3.8, 4) is 0 Å². The molecule has 9 aliphatic rings. The van der Waals surface area contributed by atoms with Crippen LogP contribution >= 0.6 is 0 Å². The summed E-state index contributed by atoms with van der Waals surface area (Å²) in [5.74, 6) is -2.23. The molecular weight excluding hydrogens is 865 g/mol. The van der Waals surface area contributed by atoms with E-state index in [1.165, 1.54) is 6.42 Å². The first-order chi connectivity index (χ1) is 32.3. The summed E-state index contributed by atoms with van der Waals surface area (Å²) >= 11 is 0. The summed E-state index contributed by atoms with van der Waals surface area (Å²) in [4.78, 5) is 15.7. The zero-order valence-corrected chi connectivity index (χ0v) is 41.5. The van der Waals surface area contributed by atoms with E-state index < -0.39 is 87.5 Å². The summed E-state index contributed by atoms with van der Waals surface area (Å²) in [5.41, 5.74) is 0.782. The van der Waals surface area contributed by atoms with E-state index >= 15 is 4.79 Å². The number of hydrogen-bond acceptors (Lipinski definition) is 14. The van der Waals surface area contributed by atoms with Crippen LogP contribution in [0.3, 0.4) is 0 Å². The Morgan fingerprint density at radius 3 is 2.51 bits per heavy atom. The Morgan fingerprint density at radius 1 is 1.03 bits per heavy atom. The number of hydrogen-bond donors (Lipinski definition) is 12. The number of aliphatic hydroxyl groups excluding tert-OH is 5. The number of nitrogens with two attached hydrogens (primary N) is 1. The third kappa shape index (κ3) is 7.78. The molecule has 7 aliphatic carbocycles. The quantitative estimate of drug-likeness (QED) is 0.119. The summed E-state index contributed by atoms with van der Waals surface area (Å²) in [6, 6.07) is 0. The average molecular weight is 951 g/mol. The highest BCUT2D eigenvalue weighted by Crippen LogP contribution is 2.76. The van der Waals surface area contributed by atoms with Gasteiger partial charge in [-0.3, -0.25) is 4.79 Å². The lowest BCUT2D eigenvalue weighted by atomic mass is 9.37. The van der Waals surface area contributed by atoms with Gasteiger partial charge in [-0.1, -0.05) is 51.3 Å². The van der Waals surface area contributed by atoms with Gasteiger partial charge in [-0.25, -0.2) is 0 Å². The number of aliphatic hydroxyl groups is 8. The zero-order chi connectivity index (χ0) is 48.8. The smallest absolute Gasteiger partial charge is 0.182 e. The van der Waals surface area contributed by atoms with Crippen molar-refractivity contribution in [2.75, 3.05) is 26.7 Å². The number of carbonyl (C=O) groups excluding carboxylic acids is 1. The third-order valence-corrected chi connectivity index (χ3v) is 20.3. The van der Waals surface area contributed by atoms with Crippen molar-refractivity contribution in [3.63, 3.8) is 0 Å². The zero-order valence-electron chi connectivity index (χ0n) is 41.5. The lowest BCUT2D eigenvalue weighted by molar-refractivity contribution is -0.258. The summed E-state index contributed by atoms with van der Waals surface area (Å²) in [7, 11) is 1.90. The highest BCUT2D eigenvalue weighted by molar-refractivity contribution is 6.00. The fourth-order valence-electron chi connectivity index (χ4n) is 17.5. The number of Topliss-reactive ketones (excluding diaryl/α,β-unsaturated/α-hetero) is 1. The molecule has 0 radical (unpaired) electrons. The predicted octanol–water partition coefficient (Wildman–Crippen LogP) is 3.35. The molecule has 0 aromatic heterocycles. The van der Waals surface area contributed by atoms with E-state index in [1.54, 1.807) is 13.8 Å². The van der Waals surface area contributed by atoms with Crippen LogP contribution in [0.1, 0.15) is 137 Å². The van der Waals surface area contributed by atoms with Crippen LogP contribution in [0.25, 0.3) is 0 Å². The van der Waals surface area contributed by atoms with Gasteiger partial charge >= 0.3 is 0 Å². The molecule has 1 unspecified atom stereocenters. The van der Waals surface area contributed by atoms with Crippen LogP contribution in [0.2, 0.25) is 0 Å². The van der Waals surface area contributed by atoms with Crippen LogP contribution in [0.15, 0.2) is 46.8 Å². The van der Waals surface area contributed by atoms with E-state index in [0.29, 0.717) is 63.0 Å². The number of ether oxygens (including phenoxy) is 1. The third-order valence-electron chi connectivity index (χ3n) is 20.3. The fourth-order valence-corrected chi connectivity index (χ4v) is 17.5. The normalized spacial score (nSPS) is 47.9. The number of carbonyl (C=O) groups is 1. The van der Waals surface area contributed by atoms with Gasteiger partial charge in [0.15, 0.2) is 5.78 Å². The molecule has 2 aliphatic heterocycles. The molecule has 14 nitrogen and oxygen atoms in total. The topological polar surface area (TPSA) is 250 Å². The monoisotopic (exact) mass is 951 g/mol. The number of allylic oxidation sites excluding steroid dienone is 5. The van der Waals surface area contributed by atoms with Gasteiger partial charge in [0, 0.05) is 59.9 Å². The van der Waals surface area contributed by atoms with Crippen molar-refractivity contribution in [1.82, 2.24) is 16.0 Å². The van der Waals surface area contributed by atoms with Crippen LogP contribution in [0.4, 0.5) is 0 Å². The van der Waals surface area contributed by atoms with Crippen molar-refractivity contribution < 1.29 is 50.4 Å². The summed E-state index contributed by atoms with van der Waals surface area (Å²) < 4.78 is 7.06. The summed E-state index contributed by atoms with van der Waals surface area (Å²) in [6.45, 7) is 8.10. The molecule has 0 aromatic rings. The Balaban J connectivity index is 1.22. The van der Waals surface area contributed by atoms with E-state index in [4.69, 9.17) is 10.5 Å². The molecule has 68 heavy (non-hydrogen) atoms. The predicted molar refractivity (Wildman–Crippen MR) is 258 cm³/mol. The van der Waals surface area contributed by atoms with Gasteiger partial charge in [0.25, 0.3) is 0 Å². The minimum Gasteiger partial charge on any atom is -0.396 e. The van der Waals surface area contributed by atoms with Crippen LogP contribution in [0, 0.1) is 57.7 Å². The van der Waals surface area contributed by atoms with Gasteiger partial charge in [0.1, 0.15) is 5.60 Å². The first kappa shape index (κ1) is 50.7. The molecule has 20 atom stereocenters. The Kier molecular flexibility index (Phi) is 13.9. The SMILES string of the molecule is CCC[C@@H]1CC[C@H]2[C@@H]3[C@H](O)CCC[C@](O)([C@](C)(O)[C@H]4CC[C@@]5(O)C6=C(NC[C@H](C)O)C(=O)[C@@H]7C[C@@H](O)[C@@H](O)C[C@@]78C[C@H](C7=C(CCCO)NC(N)C=C7)C=C[C@@](CNC)(C[C@]45C)[C@@H]68)[C@@H]3O[C@@H]2CC1. The van der Waals surface area contributed by atoms with Crippen LogP contribution in [-0.4, -0.2) is 133 Å². The number of nitrogens with one attached hydrogen (secondary N) is 3. The fraction of sp³-hybridized carbons (Fsp3) is 0.833. The van der Waals surface area contributed by atoms with Crippen LogP contribution in [0.5, 0.6) is 0 Å². The van der Waals surface area contributed by atoms with Gasteiger partial charge in [-0.2, -0.15) is 0 Å². The molecule has 14 heteroatoms. The molecule has 382 valence electrons. The molecule has 2 heterocycles. The van der Waals surface area contributed by atoms with Crippen LogP contribution in [-0.2, 0) is 9.53 Å². The summed E-state index contributed by atoms with van der Waals surface area (Å²) in [5, 5.41) is 108. The van der Waals surface area contributed by atoms with Crippen molar-refractivity contribution in [2.24, 2.45) is 63.4 Å². The standard InChI is InChI=1S/C54H86N4O10/c1-6-9-31-12-14-34-40(16-13-31)68-48-43(34)37(61)11-7-20-54(48,67)50(4,65)41-19-22-53(66)44-45(57-27-30(2)60)46(64)35-24-38(62)39(63)26-52(35)25-32(33-15-17-42(55)58-36(33)10-8-23-59)18-21-51(29-56-5,47(44)52)28-49(41,53)3/h15,17-18,21,30-32,34-35,37-43,47-48,56-63,65-67H,6-14,16,19-20,22-29,55H2,1-5H3/t30-,31+,32+,34+,35-,37+,38+,39-,40+,41-,42?,43+,47+,48+,49+,50+,51-,52-,53+,54+/m0/s1. The molecule has 0 amide bonds. The molecule has 6 fully saturated rings. The van der Waals surface area contributed by atoms with Crippen molar-refractivity contribution in [1.29, 1.82) is 0 Å². The maximum atomic E-state index is 15.7. The molecule has 5 saturated carbocycles. The maximum absolute atomic E-state index is 15.7. The molecule has 1 saturated heterocycles. The maximum Gasteiger partial charge on any atom is 0.182 e. The van der Waals surface area contributed by atoms with Gasteiger partial charge < -0.3 is 67.3 Å². The van der Waals surface area contributed by atoms with Gasteiger partial charge in [0.2, 0.25) is 0 Å². The first-order valence-electron chi connectivity index (χ1n) is 26.7. The number of rotatable bonds is 13. The molecule has 0 bridgehead atoms. The molecule has 9 rings (SSSR count). The highest BCUT2D eigenvalue weighted by atomic mass is 16.5. The van der Waals surface area contributed by atoms with Crippen molar-refractivity contribution >= 4 is 5.78 Å². The van der Waals surface area contributed by atoms with Gasteiger partial charge in [-0.15, -0.1) is 0 Å². The molecule has 0 aromatic carbocycles. The Bertz CT molecular complexity index is 2020. The minimum absolute atomic E-state index is 0.00176. The lowest BCUT2D eigenvalue weighted by Gasteiger charge is -2.68. The number of dihydropyridines is 1.